The number of benzene rings is 1. The number of carboxylic acid groups (broad SMARTS) is 1. The number of rotatable bonds is 9. The monoisotopic (exact) mass is 352 g/mol. The first-order chi connectivity index (χ1) is 12.0. The number of hydrogen-bond donors (Lipinski definition) is 2. The predicted molar refractivity (Wildman–Crippen MR) is 86.8 cm³/mol. The number of carboxylic acids is 1. The lowest BCUT2D eigenvalue weighted by atomic mass is 10.1. The Kier molecular flexibility index (Phi) is 6.84. The Morgan fingerprint density at radius 1 is 1.36 bits per heavy atom. The van der Waals surface area contributed by atoms with Crippen LogP contribution in [0.25, 0.3) is 0 Å². The van der Waals surface area contributed by atoms with Gasteiger partial charge in [0.25, 0.3) is 11.6 Å². The maximum Gasteiger partial charge on any atom is 0.335 e. The molecule has 2 N–H and O–H groups in total. The van der Waals surface area contributed by atoms with Crippen molar-refractivity contribution in [1.29, 1.82) is 0 Å². The summed E-state index contributed by atoms with van der Waals surface area (Å²) in [6.07, 6.45) is 1.58. The van der Waals surface area contributed by atoms with E-state index in [4.69, 9.17) is 14.6 Å². The molecule has 1 fully saturated rings. The molecule has 1 unspecified atom stereocenters. The zero-order chi connectivity index (χ0) is 18.2. The molecule has 1 heterocycles. The van der Waals surface area contributed by atoms with Gasteiger partial charge >= 0.3 is 5.97 Å². The van der Waals surface area contributed by atoms with E-state index in [0.717, 1.165) is 37.8 Å². The van der Waals surface area contributed by atoms with E-state index in [0.29, 0.717) is 32.1 Å². The lowest BCUT2D eigenvalue weighted by Gasteiger charge is -2.09. The number of carbonyl (C=O) groups excluding carboxylic acids is 1. The molecule has 9 heteroatoms. The number of hydrogen-bond acceptors (Lipinski definition) is 6. The SMILES string of the molecule is O=C(O)c1cc(C(=O)NCCCOCC2CCOC2)cc([N+](=O)[O-])c1. The zero-order valence-corrected chi connectivity index (χ0v) is 13.6. The second kappa shape index (κ2) is 9.09. The van der Waals surface area contributed by atoms with Crippen LogP contribution in [-0.2, 0) is 9.47 Å². The van der Waals surface area contributed by atoms with Gasteiger partial charge in [-0.25, -0.2) is 4.79 Å². The van der Waals surface area contributed by atoms with Crippen LogP contribution in [0.5, 0.6) is 0 Å². The average molecular weight is 352 g/mol. The Hall–Kier alpha value is -2.52. The van der Waals surface area contributed by atoms with Gasteiger partial charge in [-0.05, 0) is 18.9 Å². The van der Waals surface area contributed by atoms with E-state index in [2.05, 4.69) is 5.32 Å². The fraction of sp³-hybridized carbons (Fsp3) is 0.500. The molecule has 0 radical (unpaired) electrons. The molecule has 1 saturated heterocycles. The van der Waals surface area contributed by atoms with Gasteiger partial charge in [0.2, 0.25) is 0 Å². The van der Waals surface area contributed by atoms with Crippen LogP contribution in [0.1, 0.15) is 33.6 Å². The van der Waals surface area contributed by atoms with Gasteiger partial charge in [-0.2, -0.15) is 0 Å². The first-order valence-corrected chi connectivity index (χ1v) is 7.94. The normalized spacial score (nSPS) is 16.6. The first-order valence-electron chi connectivity index (χ1n) is 7.94. The molecule has 0 spiro atoms. The molecule has 0 aliphatic carbocycles. The van der Waals surface area contributed by atoms with Crippen LogP contribution in [0.4, 0.5) is 5.69 Å². The predicted octanol–water partition coefficient (Wildman–Crippen LogP) is 1.47. The molecule has 2 rings (SSSR count). The topological polar surface area (TPSA) is 128 Å². The van der Waals surface area contributed by atoms with Gasteiger partial charge in [-0.15, -0.1) is 0 Å². The van der Waals surface area contributed by atoms with Gasteiger partial charge in [0, 0.05) is 43.4 Å². The van der Waals surface area contributed by atoms with Crippen LogP contribution in [0.3, 0.4) is 0 Å². The van der Waals surface area contributed by atoms with Crippen molar-refractivity contribution < 1.29 is 29.1 Å². The molecule has 25 heavy (non-hydrogen) atoms. The molecule has 1 aliphatic heterocycles. The lowest BCUT2D eigenvalue weighted by molar-refractivity contribution is -0.384. The highest BCUT2D eigenvalue weighted by Gasteiger charge is 2.17. The Bertz CT molecular complexity index is 609. The number of amides is 1. The van der Waals surface area contributed by atoms with Crippen molar-refractivity contribution in [2.24, 2.45) is 5.92 Å². The molecule has 136 valence electrons. The van der Waals surface area contributed by atoms with E-state index >= 15 is 0 Å². The zero-order valence-electron chi connectivity index (χ0n) is 13.6. The molecule has 1 aromatic rings. The minimum absolute atomic E-state index is 0.0596. The number of nitro benzene ring substituents is 1. The molecule has 1 atom stereocenters. The van der Waals surface area contributed by atoms with E-state index in [9.17, 15) is 19.7 Å². The van der Waals surface area contributed by atoms with Crippen molar-refractivity contribution in [2.75, 3.05) is 33.0 Å². The summed E-state index contributed by atoms with van der Waals surface area (Å²) in [6, 6.07) is 3.08. The average Bonchev–Trinajstić information content (AvgIpc) is 3.10. The summed E-state index contributed by atoms with van der Waals surface area (Å²) in [5.41, 5.74) is -0.802. The number of nitrogens with zero attached hydrogens (tertiary/aromatic N) is 1. The van der Waals surface area contributed by atoms with Crippen molar-refractivity contribution in [1.82, 2.24) is 5.32 Å². The Morgan fingerprint density at radius 3 is 2.76 bits per heavy atom. The molecule has 1 aromatic carbocycles. The van der Waals surface area contributed by atoms with E-state index < -0.39 is 22.5 Å². The van der Waals surface area contributed by atoms with Crippen LogP contribution in [0, 0.1) is 16.0 Å². The summed E-state index contributed by atoms with van der Waals surface area (Å²) < 4.78 is 10.7. The van der Waals surface area contributed by atoms with E-state index in [-0.39, 0.29) is 11.1 Å². The maximum absolute atomic E-state index is 12.1. The minimum atomic E-state index is -1.33. The second-order valence-corrected chi connectivity index (χ2v) is 5.74. The summed E-state index contributed by atoms with van der Waals surface area (Å²) in [7, 11) is 0. The van der Waals surface area contributed by atoms with E-state index in [1.165, 1.54) is 0 Å². The Morgan fingerprint density at radius 2 is 2.12 bits per heavy atom. The third-order valence-corrected chi connectivity index (χ3v) is 3.77. The summed E-state index contributed by atoms with van der Waals surface area (Å²) in [4.78, 5) is 33.2. The number of nitrogens with one attached hydrogen (secondary N) is 1. The van der Waals surface area contributed by atoms with Gasteiger partial charge in [-0.1, -0.05) is 0 Å². The lowest BCUT2D eigenvalue weighted by Crippen LogP contribution is -2.26. The van der Waals surface area contributed by atoms with Crippen LogP contribution in [0.2, 0.25) is 0 Å². The fourth-order valence-corrected chi connectivity index (χ4v) is 2.41. The molecular weight excluding hydrogens is 332 g/mol. The number of ether oxygens (including phenoxy) is 2. The first kappa shape index (κ1) is 18.8. The van der Waals surface area contributed by atoms with E-state index in [1.54, 1.807) is 0 Å². The molecule has 0 aromatic heterocycles. The second-order valence-electron chi connectivity index (χ2n) is 5.74. The Balaban J connectivity index is 1.79. The van der Waals surface area contributed by atoms with Crippen molar-refractivity contribution >= 4 is 17.6 Å². The highest BCUT2D eigenvalue weighted by atomic mass is 16.6. The molecule has 0 bridgehead atoms. The highest BCUT2D eigenvalue weighted by molar-refractivity contribution is 5.98. The van der Waals surface area contributed by atoms with Crippen molar-refractivity contribution in [3.8, 4) is 0 Å². The third-order valence-electron chi connectivity index (χ3n) is 3.77. The van der Waals surface area contributed by atoms with E-state index in [1.807, 2.05) is 0 Å². The van der Waals surface area contributed by atoms with Gasteiger partial charge < -0.3 is 19.9 Å². The largest absolute Gasteiger partial charge is 0.478 e. The van der Waals surface area contributed by atoms with Gasteiger partial charge in [0.15, 0.2) is 0 Å². The van der Waals surface area contributed by atoms with Crippen molar-refractivity contribution in [3.63, 3.8) is 0 Å². The van der Waals surface area contributed by atoms with Gasteiger partial charge in [-0.3, -0.25) is 14.9 Å². The molecule has 1 aliphatic rings. The summed E-state index contributed by atoms with van der Waals surface area (Å²) in [5.74, 6) is -1.47. The molecular formula is C16H20N2O7. The summed E-state index contributed by atoms with van der Waals surface area (Å²) >= 11 is 0. The summed E-state index contributed by atoms with van der Waals surface area (Å²) in [6.45, 7) is 2.92. The van der Waals surface area contributed by atoms with Gasteiger partial charge in [0.05, 0.1) is 23.7 Å². The van der Waals surface area contributed by atoms with Gasteiger partial charge in [0.1, 0.15) is 0 Å². The third kappa shape index (κ3) is 5.80. The van der Waals surface area contributed by atoms with Crippen LogP contribution in [-0.4, -0.2) is 54.9 Å². The Labute approximate surface area is 144 Å². The maximum atomic E-state index is 12.1. The van der Waals surface area contributed by atoms with Crippen molar-refractivity contribution in [2.45, 2.75) is 12.8 Å². The highest BCUT2D eigenvalue weighted by Crippen LogP contribution is 2.17. The molecule has 9 nitrogen and oxygen atoms in total. The standard InChI is InChI=1S/C16H20N2O7/c19-15(17-3-1-4-24-9-11-2-5-25-10-11)12-6-13(16(20)21)8-14(7-12)18(22)23/h6-8,11H,1-5,9-10H2,(H,17,19)(H,20,21). The fourth-order valence-electron chi connectivity index (χ4n) is 2.41. The number of non-ortho nitro benzene ring substituents is 1. The summed E-state index contributed by atoms with van der Waals surface area (Å²) in [5, 5.41) is 22.4. The van der Waals surface area contributed by atoms with Crippen LogP contribution in [0.15, 0.2) is 18.2 Å². The van der Waals surface area contributed by atoms with Crippen LogP contribution >= 0.6 is 0 Å². The minimum Gasteiger partial charge on any atom is -0.478 e. The molecule has 0 saturated carbocycles. The number of aromatic carboxylic acids is 1. The molecule has 1 amide bonds. The smallest absolute Gasteiger partial charge is 0.335 e. The quantitative estimate of drug-likeness (QED) is 0.391. The number of carbonyl (C=O) groups is 2. The van der Waals surface area contributed by atoms with Crippen LogP contribution < -0.4 is 5.32 Å². The number of nitro groups is 1. The van der Waals surface area contributed by atoms with Crippen molar-refractivity contribution in [3.05, 3.63) is 39.4 Å².